The monoisotopic (exact) mass is 363 g/mol. The lowest BCUT2D eigenvalue weighted by Gasteiger charge is -2.11. The molecule has 0 spiro atoms. The topological polar surface area (TPSA) is 93.3 Å². The van der Waals surface area contributed by atoms with Crippen LogP contribution in [0.2, 0.25) is 0 Å². The Labute approximate surface area is 154 Å². The van der Waals surface area contributed by atoms with Gasteiger partial charge in [0.05, 0.1) is 27.7 Å². The van der Waals surface area contributed by atoms with Gasteiger partial charge in [-0.05, 0) is 23.8 Å². The van der Waals surface area contributed by atoms with Crippen molar-refractivity contribution in [2.45, 2.75) is 12.8 Å². The molecule has 0 atom stereocenters. The number of fused-ring (bicyclic) bond motifs is 1. The highest BCUT2D eigenvalue weighted by Gasteiger charge is 2.23. The molecule has 1 amide bonds. The average Bonchev–Trinajstić information content (AvgIpc) is 3.10. The molecule has 3 aromatic rings. The van der Waals surface area contributed by atoms with E-state index in [1.54, 1.807) is 18.3 Å². The fourth-order valence-electron chi connectivity index (χ4n) is 2.83. The number of thiazole rings is 1. The Morgan fingerprint density at radius 3 is 2.92 bits per heavy atom. The van der Waals surface area contributed by atoms with Crippen LogP contribution in [-0.4, -0.2) is 28.1 Å². The first-order chi connectivity index (χ1) is 12.7. The van der Waals surface area contributed by atoms with E-state index >= 15 is 0 Å². The second-order valence-corrected chi connectivity index (χ2v) is 6.95. The minimum Gasteiger partial charge on any atom is -0.397 e. The van der Waals surface area contributed by atoms with Gasteiger partial charge >= 0.3 is 0 Å². The van der Waals surface area contributed by atoms with E-state index in [4.69, 9.17) is 5.73 Å². The summed E-state index contributed by atoms with van der Waals surface area (Å²) in [5, 5.41) is 3.26. The van der Waals surface area contributed by atoms with Gasteiger partial charge in [0.1, 0.15) is 0 Å². The van der Waals surface area contributed by atoms with Gasteiger partial charge in [-0.3, -0.25) is 14.8 Å². The summed E-state index contributed by atoms with van der Waals surface area (Å²) in [5.74, 6) is -0.247. The second kappa shape index (κ2) is 7.05. The van der Waals surface area contributed by atoms with Crippen LogP contribution in [0.15, 0.2) is 53.8 Å². The maximum absolute atomic E-state index is 12.6. The Hall–Kier alpha value is -3.06. The molecule has 2 aromatic heterocycles. The summed E-state index contributed by atoms with van der Waals surface area (Å²) in [6, 6.07) is 11.1. The number of benzene rings is 1. The molecular formula is C19H17N5OS. The van der Waals surface area contributed by atoms with E-state index in [0.717, 1.165) is 28.3 Å². The number of hydrogen-bond donors (Lipinski definition) is 2. The molecule has 0 saturated carbocycles. The van der Waals surface area contributed by atoms with Gasteiger partial charge in [-0.1, -0.05) is 18.2 Å². The lowest BCUT2D eigenvalue weighted by Crippen LogP contribution is -2.14. The van der Waals surface area contributed by atoms with Gasteiger partial charge in [0.25, 0.3) is 5.91 Å². The smallest absolute Gasteiger partial charge is 0.284 e. The van der Waals surface area contributed by atoms with E-state index < -0.39 is 0 Å². The SMILES string of the molecule is Nc1ccccc1NC(=O)c1nc2c(s1)C(Cc1cccnc1)=NCC2. The van der Waals surface area contributed by atoms with Crippen molar-refractivity contribution in [1.29, 1.82) is 0 Å². The third-order valence-electron chi connectivity index (χ3n) is 4.11. The van der Waals surface area contributed by atoms with Gasteiger partial charge in [-0.25, -0.2) is 4.98 Å². The summed E-state index contributed by atoms with van der Waals surface area (Å²) >= 11 is 1.38. The predicted molar refractivity (Wildman–Crippen MR) is 104 cm³/mol. The van der Waals surface area contributed by atoms with Crippen molar-refractivity contribution in [3.63, 3.8) is 0 Å². The van der Waals surface area contributed by atoms with Gasteiger partial charge in [-0.15, -0.1) is 11.3 Å². The number of carbonyl (C=O) groups excluding carboxylic acids is 1. The number of amides is 1. The van der Waals surface area contributed by atoms with Gasteiger partial charge in [0.15, 0.2) is 5.01 Å². The second-order valence-electron chi connectivity index (χ2n) is 5.95. The van der Waals surface area contributed by atoms with Crippen molar-refractivity contribution in [2.24, 2.45) is 4.99 Å². The number of aliphatic imine (C=N–C) groups is 1. The molecule has 7 heteroatoms. The molecule has 0 saturated heterocycles. The highest BCUT2D eigenvalue weighted by molar-refractivity contribution is 7.16. The first kappa shape index (κ1) is 16.4. The molecule has 0 radical (unpaired) electrons. The summed E-state index contributed by atoms with van der Waals surface area (Å²) in [4.78, 5) is 26.9. The Morgan fingerprint density at radius 1 is 1.23 bits per heavy atom. The molecule has 3 N–H and O–H groups in total. The summed E-state index contributed by atoms with van der Waals surface area (Å²) in [5.41, 5.74) is 10.0. The van der Waals surface area contributed by atoms with E-state index in [1.807, 2.05) is 30.5 Å². The van der Waals surface area contributed by atoms with Crippen LogP contribution in [0.4, 0.5) is 11.4 Å². The van der Waals surface area contributed by atoms with Crippen molar-refractivity contribution in [1.82, 2.24) is 9.97 Å². The van der Waals surface area contributed by atoms with Crippen LogP contribution in [0, 0.1) is 0 Å². The fraction of sp³-hybridized carbons (Fsp3) is 0.158. The number of para-hydroxylation sites is 2. The summed E-state index contributed by atoms with van der Waals surface area (Å²) in [7, 11) is 0. The highest BCUT2D eigenvalue weighted by Crippen LogP contribution is 2.26. The van der Waals surface area contributed by atoms with Crippen molar-refractivity contribution in [3.8, 4) is 0 Å². The van der Waals surface area contributed by atoms with Gasteiger partial charge < -0.3 is 11.1 Å². The van der Waals surface area contributed by atoms with E-state index in [-0.39, 0.29) is 5.91 Å². The quantitative estimate of drug-likeness (QED) is 0.697. The van der Waals surface area contributed by atoms with Gasteiger partial charge in [-0.2, -0.15) is 0 Å². The van der Waals surface area contributed by atoms with E-state index in [9.17, 15) is 4.79 Å². The minimum atomic E-state index is -0.247. The first-order valence-corrected chi connectivity index (χ1v) is 9.10. The van der Waals surface area contributed by atoms with Crippen LogP contribution in [0.5, 0.6) is 0 Å². The third-order valence-corrected chi connectivity index (χ3v) is 5.25. The Bertz CT molecular complexity index is 981. The van der Waals surface area contributed by atoms with Crippen molar-refractivity contribution >= 4 is 34.3 Å². The zero-order valence-electron chi connectivity index (χ0n) is 14.0. The standard InChI is InChI=1S/C19H17N5OS/c20-13-5-1-2-6-14(13)23-18(25)19-24-15-7-9-22-16(17(15)26-19)10-12-4-3-8-21-11-12/h1-6,8,11H,7,9-10,20H2,(H,23,25). The molecule has 3 heterocycles. The molecule has 1 aliphatic heterocycles. The molecule has 130 valence electrons. The molecule has 26 heavy (non-hydrogen) atoms. The maximum atomic E-state index is 12.6. The predicted octanol–water partition coefficient (Wildman–Crippen LogP) is 2.96. The van der Waals surface area contributed by atoms with Gasteiger partial charge in [0.2, 0.25) is 0 Å². The Balaban J connectivity index is 1.57. The molecule has 0 aliphatic carbocycles. The lowest BCUT2D eigenvalue weighted by atomic mass is 10.1. The number of nitrogens with one attached hydrogen (secondary N) is 1. The number of nitrogens with two attached hydrogens (primary N) is 1. The van der Waals surface area contributed by atoms with Crippen LogP contribution in [-0.2, 0) is 12.8 Å². The number of carbonyl (C=O) groups is 1. The third kappa shape index (κ3) is 3.34. The number of hydrogen-bond acceptors (Lipinski definition) is 6. The summed E-state index contributed by atoms with van der Waals surface area (Å²) in [6.07, 6.45) is 5.03. The van der Waals surface area contributed by atoms with Crippen molar-refractivity contribution in [3.05, 3.63) is 69.9 Å². The minimum absolute atomic E-state index is 0.247. The molecule has 1 aromatic carbocycles. The van der Waals surface area contributed by atoms with Crippen LogP contribution < -0.4 is 11.1 Å². The summed E-state index contributed by atoms with van der Waals surface area (Å²) < 4.78 is 0. The Morgan fingerprint density at radius 2 is 2.12 bits per heavy atom. The van der Waals surface area contributed by atoms with E-state index in [0.29, 0.717) is 29.3 Å². The van der Waals surface area contributed by atoms with Crippen LogP contribution in [0.3, 0.4) is 0 Å². The van der Waals surface area contributed by atoms with Crippen LogP contribution in [0.1, 0.15) is 25.9 Å². The number of anilines is 2. The number of rotatable bonds is 4. The lowest BCUT2D eigenvalue weighted by molar-refractivity contribution is 0.102. The zero-order chi connectivity index (χ0) is 17.9. The maximum Gasteiger partial charge on any atom is 0.284 e. The average molecular weight is 363 g/mol. The highest BCUT2D eigenvalue weighted by atomic mass is 32.1. The number of nitrogens with zero attached hydrogens (tertiary/aromatic N) is 3. The van der Waals surface area contributed by atoms with E-state index in [1.165, 1.54) is 11.3 Å². The van der Waals surface area contributed by atoms with Crippen molar-refractivity contribution in [2.75, 3.05) is 17.6 Å². The molecule has 1 aliphatic rings. The first-order valence-electron chi connectivity index (χ1n) is 8.29. The molecule has 6 nitrogen and oxygen atoms in total. The van der Waals surface area contributed by atoms with E-state index in [2.05, 4.69) is 20.3 Å². The number of pyridine rings is 1. The number of nitrogen functional groups attached to an aromatic ring is 1. The molecule has 4 rings (SSSR count). The molecule has 0 bridgehead atoms. The zero-order valence-corrected chi connectivity index (χ0v) is 14.8. The molecule has 0 unspecified atom stereocenters. The fourth-order valence-corrected chi connectivity index (χ4v) is 3.84. The van der Waals surface area contributed by atoms with Crippen LogP contribution in [0.25, 0.3) is 0 Å². The normalized spacial score (nSPS) is 13.0. The van der Waals surface area contributed by atoms with Crippen molar-refractivity contribution < 1.29 is 4.79 Å². The Kier molecular flexibility index (Phi) is 4.45. The summed E-state index contributed by atoms with van der Waals surface area (Å²) in [6.45, 7) is 0.693. The largest absolute Gasteiger partial charge is 0.397 e. The molecule has 0 fully saturated rings. The van der Waals surface area contributed by atoms with Crippen LogP contribution >= 0.6 is 11.3 Å². The molecular weight excluding hydrogens is 346 g/mol. The van der Waals surface area contributed by atoms with Gasteiger partial charge in [0, 0.05) is 31.8 Å². The number of aromatic nitrogens is 2.